The summed E-state index contributed by atoms with van der Waals surface area (Å²) >= 11 is 1.57. The monoisotopic (exact) mass is 286 g/mol. The number of anilines is 1. The van der Waals surface area contributed by atoms with E-state index in [-0.39, 0.29) is 5.91 Å². The zero-order chi connectivity index (χ0) is 14.5. The second-order valence-electron chi connectivity index (χ2n) is 4.89. The molecule has 4 heteroatoms. The lowest BCUT2D eigenvalue weighted by Crippen LogP contribution is -2.07. The molecule has 0 radical (unpaired) electrons. The summed E-state index contributed by atoms with van der Waals surface area (Å²) in [6.07, 6.45) is 3.23. The number of hydrogen-bond acceptors (Lipinski definition) is 3. The molecule has 2 rings (SSSR count). The van der Waals surface area contributed by atoms with Crippen molar-refractivity contribution in [2.24, 2.45) is 0 Å². The lowest BCUT2D eigenvalue weighted by molar-refractivity contribution is -0.111. The summed E-state index contributed by atoms with van der Waals surface area (Å²) in [5.41, 5.74) is 2.88. The first kappa shape index (κ1) is 14.5. The van der Waals surface area contributed by atoms with Crippen LogP contribution in [0.5, 0.6) is 0 Å². The summed E-state index contributed by atoms with van der Waals surface area (Å²) in [6, 6.07) is 7.92. The molecule has 0 saturated carbocycles. The molecule has 0 bridgehead atoms. The van der Waals surface area contributed by atoms with Gasteiger partial charge in [-0.3, -0.25) is 4.79 Å². The Morgan fingerprint density at radius 3 is 2.55 bits per heavy atom. The van der Waals surface area contributed by atoms with Gasteiger partial charge >= 0.3 is 0 Å². The van der Waals surface area contributed by atoms with Crippen LogP contribution in [0.3, 0.4) is 0 Å². The number of thiazole rings is 1. The van der Waals surface area contributed by atoms with E-state index in [9.17, 15) is 4.79 Å². The van der Waals surface area contributed by atoms with E-state index in [4.69, 9.17) is 0 Å². The Balaban J connectivity index is 1.95. The number of carbonyl (C=O) groups is 1. The third-order valence-electron chi connectivity index (χ3n) is 2.89. The smallest absolute Gasteiger partial charge is 0.248 e. The highest BCUT2D eigenvalue weighted by Crippen LogP contribution is 2.17. The summed E-state index contributed by atoms with van der Waals surface area (Å²) in [5, 5.41) is 5.76. The number of carbonyl (C=O) groups excluding carboxylic acids is 1. The molecule has 0 aliphatic rings. The summed E-state index contributed by atoms with van der Waals surface area (Å²) in [5.74, 6) is 0.348. The second kappa shape index (κ2) is 6.48. The van der Waals surface area contributed by atoms with Gasteiger partial charge in [0, 0.05) is 17.1 Å². The summed E-state index contributed by atoms with van der Waals surface area (Å²) in [4.78, 5) is 16.1. The average molecular weight is 286 g/mol. The predicted octanol–water partition coefficient (Wildman–Crippen LogP) is 4.23. The Hall–Kier alpha value is -1.94. The van der Waals surface area contributed by atoms with Crippen LogP contribution in [0.1, 0.15) is 36.0 Å². The zero-order valence-electron chi connectivity index (χ0n) is 11.9. The number of benzene rings is 1. The third kappa shape index (κ3) is 4.03. The highest BCUT2D eigenvalue weighted by Gasteiger charge is 2.01. The minimum absolute atomic E-state index is 0.145. The second-order valence-corrected chi connectivity index (χ2v) is 5.95. The molecule has 0 spiro atoms. The van der Waals surface area contributed by atoms with Gasteiger partial charge in [0.15, 0.2) is 0 Å². The number of amides is 1. The lowest BCUT2D eigenvalue weighted by Gasteiger charge is -2.07. The van der Waals surface area contributed by atoms with Crippen molar-refractivity contribution in [3.63, 3.8) is 0 Å². The van der Waals surface area contributed by atoms with Crippen LogP contribution in [-0.4, -0.2) is 10.9 Å². The fourth-order valence-electron chi connectivity index (χ4n) is 1.75. The number of aryl methyl sites for hydroxylation is 1. The maximum absolute atomic E-state index is 11.8. The van der Waals surface area contributed by atoms with Crippen LogP contribution < -0.4 is 5.32 Å². The van der Waals surface area contributed by atoms with Crippen molar-refractivity contribution in [3.05, 3.63) is 52.0 Å². The summed E-state index contributed by atoms with van der Waals surface area (Å²) < 4.78 is 0. The molecule has 0 aliphatic carbocycles. The van der Waals surface area contributed by atoms with Gasteiger partial charge in [-0.1, -0.05) is 26.0 Å². The van der Waals surface area contributed by atoms with Gasteiger partial charge in [-0.05, 0) is 36.6 Å². The van der Waals surface area contributed by atoms with Crippen LogP contribution in [0.2, 0.25) is 0 Å². The molecule has 1 N–H and O–H groups in total. The average Bonchev–Trinajstić information content (AvgIpc) is 2.83. The Bertz CT molecular complexity index is 612. The van der Waals surface area contributed by atoms with Gasteiger partial charge in [0.2, 0.25) is 5.91 Å². The molecule has 20 heavy (non-hydrogen) atoms. The van der Waals surface area contributed by atoms with Crippen LogP contribution in [-0.2, 0) is 4.79 Å². The largest absolute Gasteiger partial charge is 0.323 e. The third-order valence-corrected chi connectivity index (χ3v) is 3.68. The Kier molecular flexibility index (Phi) is 4.69. The SMILES string of the molecule is Cc1nc(C=CC(=O)Nc2ccc(C(C)C)cc2)cs1. The number of rotatable bonds is 4. The van der Waals surface area contributed by atoms with Gasteiger partial charge in [0.1, 0.15) is 0 Å². The normalized spacial score (nSPS) is 11.2. The standard InChI is InChI=1S/C16H18N2OS/c1-11(2)13-4-6-14(7-5-13)18-16(19)9-8-15-10-20-12(3)17-15/h4-11H,1-3H3,(H,18,19). The minimum atomic E-state index is -0.145. The fourth-order valence-corrected chi connectivity index (χ4v) is 2.33. The molecular formula is C16H18N2OS. The molecule has 104 valence electrons. The quantitative estimate of drug-likeness (QED) is 0.855. The van der Waals surface area contributed by atoms with E-state index in [1.807, 2.05) is 36.6 Å². The first-order chi connectivity index (χ1) is 9.54. The van der Waals surface area contributed by atoms with Gasteiger partial charge in [-0.2, -0.15) is 0 Å². The van der Waals surface area contributed by atoms with Gasteiger partial charge < -0.3 is 5.32 Å². The summed E-state index contributed by atoms with van der Waals surface area (Å²) in [7, 11) is 0. The highest BCUT2D eigenvalue weighted by atomic mass is 32.1. The van der Waals surface area contributed by atoms with Crippen molar-refractivity contribution in [2.45, 2.75) is 26.7 Å². The molecule has 1 amide bonds. The molecule has 1 heterocycles. The lowest BCUT2D eigenvalue weighted by atomic mass is 10.0. The Labute approximate surface area is 123 Å². The number of aromatic nitrogens is 1. The van der Waals surface area contributed by atoms with Crippen molar-refractivity contribution in [3.8, 4) is 0 Å². The zero-order valence-corrected chi connectivity index (χ0v) is 12.7. The van der Waals surface area contributed by atoms with Crippen molar-refractivity contribution < 1.29 is 4.79 Å². The minimum Gasteiger partial charge on any atom is -0.323 e. The number of hydrogen-bond donors (Lipinski definition) is 1. The molecule has 0 fully saturated rings. The van der Waals surface area contributed by atoms with Crippen molar-refractivity contribution in [2.75, 3.05) is 5.32 Å². The van der Waals surface area contributed by atoms with E-state index >= 15 is 0 Å². The van der Waals surface area contributed by atoms with Crippen LogP contribution in [0.15, 0.2) is 35.7 Å². The highest BCUT2D eigenvalue weighted by molar-refractivity contribution is 7.09. The van der Waals surface area contributed by atoms with E-state index < -0.39 is 0 Å². The van der Waals surface area contributed by atoms with E-state index in [1.54, 1.807) is 17.4 Å². The molecular weight excluding hydrogens is 268 g/mol. The molecule has 0 aliphatic heterocycles. The molecule has 0 atom stereocenters. The Morgan fingerprint density at radius 2 is 2.00 bits per heavy atom. The first-order valence-corrected chi connectivity index (χ1v) is 7.43. The van der Waals surface area contributed by atoms with E-state index in [2.05, 4.69) is 24.1 Å². The maximum Gasteiger partial charge on any atom is 0.248 e. The van der Waals surface area contributed by atoms with Crippen LogP contribution in [0.4, 0.5) is 5.69 Å². The van der Waals surface area contributed by atoms with Gasteiger partial charge in [0.25, 0.3) is 0 Å². The van der Waals surface area contributed by atoms with Crippen molar-refractivity contribution in [1.29, 1.82) is 0 Å². The van der Waals surface area contributed by atoms with E-state index in [0.29, 0.717) is 5.92 Å². The number of nitrogens with one attached hydrogen (secondary N) is 1. The molecule has 0 saturated heterocycles. The molecule has 0 unspecified atom stereocenters. The van der Waals surface area contributed by atoms with Crippen LogP contribution in [0.25, 0.3) is 6.08 Å². The van der Waals surface area contributed by atoms with E-state index in [1.165, 1.54) is 11.6 Å². The maximum atomic E-state index is 11.8. The van der Waals surface area contributed by atoms with Crippen molar-refractivity contribution >= 4 is 29.0 Å². The molecule has 3 nitrogen and oxygen atoms in total. The van der Waals surface area contributed by atoms with E-state index in [0.717, 1.165) is 16.4 Å². The van der Waals surface area contributed by atoms with Crippen LogP contribution >= 0.6 is 11.3 Å². The number of nitrogens with zero attached hydrogens (tertiary/aromatic N) is 1. The topological polar surface area (TPSA) is 42.0 Å². The summed E-state index contributed by atoms with van der Waals surface area (Å²) in [6.45, 7) is 6.23. The Morgan fingerprint density at radius 1 is 1.30 bits per heavy atom. The molecule has 2 aromatic rings. The van der Waals surface area contributed by atoms with Crippen LogP contribution in [0, 0.1) is 6.92 Å². The van der Waals surface area contributed by atoms with Crippen molar-refractivity contribution in [1.82, 2.24) is 4.98 Å². The van der Waals surface area contributed by atoms with Gasteiger partial charge in [-0.15, -0.1) is 11.3 Å². The van der Waals surface area contributed by atoms with Gasteiger partial charge in [0.05, 0.1) is 10.7 Å². The fraction of sp³-hybridized carbons (Fsp3) is 0.250. The molecule has 1 aromatic heterocycles. The molecule has 1 aromatic carbocycles. The van der Waals surface area contributed by atoms with Gasteiger partial charge in [-0.25, -0.2) is 4.98 Å². The predicted molar refractivity (Wildman–Crippen MR) is 85.0 cm³/mol. The first-order valence-electron chi connectivity index (χ1n) is 6.56.